The van der Waals surface area contributed by atoms with Gasteiger partial charge in [0, 0.05) is 22.7 Å². The van der Waals surface area contributed by atoms with Gasteiger partial charge in [0.1, 0.15) is 5.82 Å². The minimum absolute atomic E-state index is 0.246. The SMILES string of the molecule is O=c1c2c(CNCCc3cccc(F)c3)n(Cc3ccc(Cl)cc3)c(=O)cc2[nH]n1-c1cccc(Cl)c1. The summed E-state index contributed by atoms with van der Waals surface area (Å²) in [7, 11) is 0. The maximum Gasteiger partial charge on any atom is 0.280 e. The Morgan fingerprint density at radius 1 is 0.865 bits per heavy atom. The molecule has 5 rings (SSSR count). The molecule has 37 heavy (non-hydrogen) atoms. The molecule has 9 heteroatoms. The molecule has 0 saturated heterocycles. The van der Waals surface area contributed by atoms with E-state index in [0.717, 1.165) is 11.1 Å². The Morgan fingerprint density at radius 3 is 2.41 bits per heavy atom. The number of hydrogen-bond acceptors (Lipinski definition) is 3. The second-order valence-electron chi connectivity index (χ2n) is 8.72. The average Bonchev–Trinajstić information content (AvgIpc) is 3.20. The standard InChI is InChI=1S/C28H23Cl2FN4O2/c29-20-9-7-19(8-10-20)17-34-25(16-32-12-11-18-3-1-5-22(31)13-18)27-24(15-26(34)36)33-35(28(27)37)23-6-2-4-21(30)14-23/h1-10,13-15,32-33H,11-12,16-17H2. The molecule has 0 fully saturated rings. The molecule has 2 aromatic heterocycles. The average molecular weight is 537 g/mol. The van der Waals surface area contributed by atoms with E-state index < -0.39 is 0 Å². The van der Waals surface area contributed by atoms with Gasteiger partial charge in [-0.3, -0.25) is 14.7 Å². The van der Waals surface area contributed by atoms with Gasteiger partial charge in [-0.05, 0) is 66.6 Å². The van der Waals surface area contributed by atoms with Crippen molar-refractivity contribution in [2.45, 2.75) is 19.5 Å². The molecule has 0 saturated carbocycles. The number of benzene rings is 3. The van der Waals surface area contributed by atoms with Crippen LogP contribution >= 0.6 is 23.2 Å². The van der Waals surface area contributed by atoms with Crippen LogP contribution in [-0.4, -0.2) is 20.9 Å². The predicted octanol–water partition coefficient (Wildman–Crippen LogP) is 5.31. The van der Waals surface area contributed by atoms with Crippen molar-refractivity contribution in [1.82, 2.24) is 19.7 Å². The highest BCUT2D eigenvalue weighted by atomic mass is 35.5. The van der Waals surface area contributed by atoms with Crippen LogP contribution in [0.25, 0.3) is 16.6 Å². The molecule has 6 nitrogen and oxygen atoms in total. The molecule has 0 spiro atoms. The van der Waals surface area contributed by atoms with Crippen molar-refractivity contribution in [3.05, 3.63) is 132 Å². The zero-order valence-corrected chi connectivity index (χ0v) is 21.2. The van der Waals surface area contributed by atoms with Crippen molar-refractivity contribution in [2.75, 3.05) is 6.54 Å². The molecular weight excluding hydrogens is 514 g/mol. The van der Waals surface area contributed by atoms with Crippen LogP contribution in [-0.2, 0) is 19.5 Å². The Labute approximate surface area is 221 Å². The fourth-order valence-electron chi connectivity index (χ4n) is 4.37. The lowest BCUT2D eigenvalue weighted by Gasteiger charge is -2.15. The van der Waals surface area contributed by atoms with E-state index in [1.165, 1.54) is 22.9 Å². The normalized spacial score (nSPS) is 11.3. The monoisotopic (exact) mass is 536 g/mol. The van der Waals surface area contributed by atoms with Crippen molar-refractivity contribution < 1.29 is 4.39 Å². The van der Waals surface area contributed by atoms with Gasteiger partial charge in [-0.2, -0.15) is 0 Å². The van der Waals surface area contributed by atoms with E-state index in [-0.39, 0.29) is 30.0 Å². The number of pyridine rings is 1. The number of aromatic amines is 1. The van der Waals surface area contributed by atoms with Gasteiger partial charge in [0.15, 0.2) is 0 Å². The first kappa shape index (κ1) is 25.0. The molecule has 0 aliphatic carbocycles. The first-order valence-electron chi connectivity index (χ1n) is 11.7. The maximum absolute atomic E-state index is 13.6. The first-order valence-corrected chi connectivity index (χ1v) is 12.5. The molecule has 0 atom stereocenters. The molecule has 0 aliphatic heterocycles. The van der Waals surface area contributed by atoms with Gasteiger partial charge < -0.3 is 9.88 Å². The van der Waals surface area contributed by atoms with E-state index in [2.05, 4.69) is 10.4 Å². The van der Waals surface area contributed by atoms with Gasteiger partial charge in [0.2, 0.25) is 0 Å². The molecular formula is C28H23Cl2FN4O2. The summed E-state index contributed by atoms with van der Waals surface area (Å²) >= 11 is 12.2. The zero-order chi connectivity index (χ0) is 25.9. The Morgan fingerprint density at radius 2 is 1.65 bits per heavy atom. The maximum atomic E-state index is 13.6. The number of hydrogen-bond donors (Lipinski definition) is 2. The van der Waals surface area contributed by atoms with Crippen LogP contribution in [0.3, 0.4) is 0 Å². The highest BCUT2D eigenvalue weighted by Crippen LogP contribution is 2.18. The number of H-pyrrole nitrogens is 1. The Bertz CT molecular complexity index is 1690. The summed E-state index contributed by atoms with van der Waals surface area (Å²) in [6, 6.07) is 22.0. The third kappa shape index (κ3) is 5.54. The van der Waals surface area contributed by atoms with Crippen LogP contribution in [0.1, 0.15) is 16.8 Å². The summed E-state index contributed by atoms with van der Waals surface area (Å²) in [4.78, 5) is 26.8. The number of aromatic nitrogens is 3. The number of halogens is 3. The lowest BCUT2D eigenvalue weighted by molar-refractivity contribution is 0.614. The first-order chi connectivity index (χ1) is 17.9. The lowest BCUT2D eigenvalue weighted by atomic mass is 10.1. The minimum Gasteiger partial charge on any atom is -0.311 e. The van der Waals surface area contributed by atoms with Gasteiger partial charge in [0.05, 0.1) is 28.8 Å². The highest BCUT2D eigenvalue weighted by molar-refractivity contribution is 6.30. The second kappa shape index (κ2) is 10.8. The van der Waals surface area contributed by atoms with Crippen LogP contribution in [0.2, 0.25) is 10.0 Å². The van der Waals surface area contributed by atoms with Crippen LogP contribution in [0.5, 0.6) is 0 Å². The van der Waals surface area contributed by atoms with Crippen molar-refractivity contribution in [3.8, 4) is 5.69 Å². The van der Waals surface area contributed by atoms with Crippen molar-refractivity contribution in [3.63, 3.8) is 0 Å². The van der Waals surface area contributed by atoms with E-state index in [0.29, 0.717) is 45.3 Å². The summed E-state index contributed by atoms with van der Waals surface area (Å²) in [6.45, 7) is 1.06. The van der Waals surface area contributed by atoms with Crippen LogP contribution in [0, 0.1) is 5.82 Å². The molecule has 0 unspecified atom stereocenters. The van der Waals surface area contributed by atoms with Crippen LogP contribution in [0.4, 0.5) is 4.39 Å². The summed E-state index contributed by atoms with van der Waals surface area (Å²) in [5, 5.41) is 7.88. The molecule has 0 amide bonds. The quantitative estimate of drug-likeness (QED) is 0.264. The Balaban J connectivity index is 1.54. The topological polar surface area (TPSA) is 71.8 Å². The number of nitrogens with one attached hydrogen (secondary N) is 2. The molecule has 2 N–H and O–H groups in total. The smallest absolute Gasteiger partial charge is 0.280 e. The zero-order valence-electron chi connectivity index (χ0n) is 19.7. The molecule has 188 valence electrons. The number of fused-ring (bicyclic) bond motifs is 1. The van der Waals surface area contributed by atoms with Gasteiger partial charge in [-0.15, -0.1) is 0 Å². The van der Waals surface area contributed by atoms with E-state index in [9.17, 15) is 14.0 Å². The third-order valence-corrected chi connectivity index (χ3v) is 6.65. The second-order valence-corrected chi connectivity index (χ2v) is 9.59. The summed E-state index contributed by atoms with van der Waals surface area (Å²) in [5.41, 5.74) is 2.75. The van der Waals surface area contributed by atoms with Gasteiger partial charge in [-0.25, -0.2) is 9.07 Å². The van der Waals surface area contributed by atoms with Crippen molar-refractivity contribution in [1.29, 1.82) is 0 Å². The van der Waals surface area contributed by atoms with Crippen LogP contribution in [0.15, 0.2) is 88.5 Å². The number of nitrogens with zero attached hydrogens (tertiary/aromatic N) is 2. The molecule has 0 radical (unpaired) electrons. The van der Waals surface area contributed by atoms with Gasteiger partial charge in [-0.1, -0.05) is 53.5 Å². The molecule has 0 aliphatic rings. The fourth-order valence-corrected chi connectivity index (χ4v) is 4.68. The Hall–Kier alpha value is -3.65. The predicted molar refractivity (Wildman–Crippen MR) is 146 cm³/mol. The van der Waals surface area contributed by atoms with Gasteiger partial charge in [0.25, 0.3) is 11.1 Å². The minimum atomic E-state index is -0.288. The largest absolute Gasteiger partial charge is 0.311 e. The van der Waals surface area contributed by atoms with E-state index >= 15 is 0 Å². The molecule has 5 aromatic rings. The van der Waals surface area contributed by atoms with E-state index in [1.807, 2.05) is 18.2 Å². The fraction of sp³-hybridized carbons (Fsp3) is 0.143. The summed E-state index contributed by atoms with van der Waals surface area (Å²) in [6.07, 6.45) is 0.592. The summed E-state index contributed by atoms with van der Waals surface area (Å²) in [5.74, 6) is -0.284. The molecule has 3 aromatic carbocycles. The summed E-state index contributed by atoms with van der Waals surface area (Å²) < 4.78 is 16.5. The van der Waals surface area contributed by atoms with E-state index in [1.54, 1.807) is 47.0 Å². The molecule has 0 bridgehead atoms. The highest BCUT2D eigenvalue weighted by Gasteiger charge is 2.18. The Kier molecular flexibility index (Phi) is 7.28. The van der Waals surface area contributed by atoms with Crippen molar-refractivity contribution >= 4 is 34.1 Å². The van der Waals surface area contributed by atoms with E-state index in [4.69, 9.17) is 23.2 Å². The van der Waals surface area contributed by atoms with Gasteiger partial charge >= 0.3 is 0 Å². The van der Waals surface area contributed by atoms with Crippen LogP contribution < -0.4 is 16.4 Å². The van der Waals surface area contributed by atoms with Crippen molar-refractivity contribution in [2.24, 2.45) is 0 Å². The lowest BCUT2D eigenvalue weighted by Crippen LogP contribution is -2.29. The number of rotatable bonds is 8. The third-order valence-electron chi connectivity index (χ3n) is 6.16. The molecule has 2 heterocycles.